The molecule has 0 saturated heterocycles. The Morgan fingerprint density at radius 1 is 0.264 bits per heavy atom. The fourth-order valence-electron chi connectivity index (χ4n) is 9.36. The van der Waals surface area contributed by atoms with Gasteiger partial charge in [-0.3, -0.25) is 0 Å². The van der Waals surface area contributed by atoms with Crippen LogP contribution in [0.15, 0.2) is 182 Å². The Morgan fingerprint density at radius 2 is 0.679 bits per heavy atom. The minimum Gasteiger partial charge on any atom is -0.0616 e. The van der Waals surface area contributed by atoms with Crippen molar-refractivity contribution in [3.8, 4) is 44.5 Å². The second-order valence-electron chi connectivity index (χ2n) is 15.3. The maximum atomic E-state index is 2.46. The zero-order valence-electron chi connectivity index (χ0n) is 29.8. The summed E-state index contributed by atoms with van der Waals surface area (Å²) in [6.07, 6.45) is 0. The molecule has 0 unspecified atom stereocenters. The maximum absolute atomic E-state index is 2.46. The highest BCUT2D eigenvalue weighted by Gasteiger charge is 2.36. The van der Waals surface area contributed by atoms with E-state index >= 15 is 0 Å². The lowest BCUT2D eigenvalue weighted by atomic mass is 9.80. The van der Waals surface area contributed by atoms with Gasteiger partial charge in [-0.1, -0.05) is 166 Å². The van der Waals surface area contributed by atoms with Gasteiger partial charge in [-0.05, 0) is 140 Å². The van der Waals surface area contributed by atoms with Gasteiger partial charge in [0.15, 0.2) is 0 Å². The zero-order valence-corrected chi connectivity index (χ0v) is 29.8. The summed E-state index contributed by atoms with van der Waals surface area (Å²) in [5, 5.41) is 12.9. The lowest BCUT2D eigenvalue weighted by molar-refractivity contribution is 0.661. The number of benzene rings is 10. The number of hydrogen-bond donors (Lipinski definition) is 0. The summed E-state index contributed by atoms with van der Waals surface area (Å²) < 4.78 is 0. The van der Waals surface area contributed by atoms with Crippen LogP contribution in [0.2, 0.25) is 0 Å². The van der Waals surface area contributed by atoms with E-state index in [9.17, 15) is 0 Å². The lowest BCUT2D eigenvalue weighted by Gasteiger charge is -2.23. The lowest BCUT2D eigenvalue weighted by Crippen LogP contribution is -2.15. The summed E-state index contributed by atoms with van der Waals surface area (Å²) in [5.41, 5.74) is 13.0. The number of fused-ring (bicyclic) bond motifs is 10. The Bertz CT molecular complexity index is 3140. The highest BCUT2D eigenvalue weighted by atomic mass is 14.4. The van der Waals surface area contributed by atoms with Gasteiger partial charge in [0.1, 0.15) is 0 Å². The van der Waals surface area contributed by atoms with Gasteiger partial charge < -0.3 is 0 Å². The van der Waals surface area contributed by atoms with Crippen LogP contribution in [0.5, 0.6) is 0 Å². The van der Waals surface area contributed by atoms with E-state index in [2.05, 4.69) is 196 Å². The summed E-state index contributed by atoms with van der Waals surface area (Å²) in [5.74, 6) is 0. The second kappa shape index (κ2) is 11.2. The third kappa shape index (κ3) is 4.49. The molecule has 1 aliphatic rings. The largest absolute Gasteiger partial charge is 0.0616 e. The average molecular weight is 673 g/mol. The van der Waals surface area contributed by atoms with Crippen molar-refractivity contribution < 1.29 is 0 Å². The highest BCUT2D eigenvalue weighted by molar-refractivity contribution is 6.15. The molecule has 0 amide bonds. The third-order valence-corrected chi connectivity index (χ3v) is 12.0. The van der Waals surface area contributed by atoms with Crippen LogP contribution < -0.4 is 0 Å². The smallest absolute Gasteiger partial charge is 0.0159 e. The van der Waals surface area contributed by atoms with Crippen molar-refractivity contribution >= 4 is 53.9 Å². The topological polar surface area (TPSA) is 0 Å². The van der Waals surface area contributed by atoms with Crippen molar-refractivity contribution in [2.24, 2.45) is 0 Å². The molecule has 0 bridgehead atoms. The molecule has 0 aliphatic heterocycles. The normalized spacial score (nSPS) is 13.2. The molecule has 0 aromatic heterocycles. The minimum absolute atomic E-state index is 0.141. The second-order valence-corrected chi connectivity index (χ2v) is 15.3. The fourth-order valence-corrected chi connectivity index (χ4v) is 9.36. The summed E-state index contributed by atoms with van der Waals surface area (Å²) in [4.78, 5) is 0. The maximum Gasteiger partial charge on any atom is 0.0159 e. The molecule has 0 heterocycles. The molecule has 10 aromatic rings. The van der Waals surface area contributed by atoms with Crippen LogP contribution in [-0.2, 0) is 5.41 Å². The highest BCUT2D eigenvalue weighted by Crippen LogP contribution is 2.51. The van der Waals surface area contributed by atoms with Gasteiger partial charge in [-0.2, -0.15) is 0 Å². The van der Waals surface area contributed by atoms with E-state index in [0.717, 1.165) is 0 Å². The van der Waals surface area contributed by atoms with Gasteiger partial charge in [-0.25, -0.2) is 0 Å². The molecule has 0 fully saturated rings. The zero-order chi connectivity index (χ0) is 35.3. The van der Waals surface area contributed by atoms with E-state index in [1.165, 1.54) is 109 Å². The first-order chi connectivity index (χ1) is 26.0. The first kappa shape index (κ1) is 30.2. The van der Waals surface area contributed by atoms with Crippen molar-refractivity contribution in [1.82, 2.24) is 0 Å². The predicted octanol–water partition coefficient (Wildman–Crippen LogP) is 14.8. The van der Waals surface area contributed by atoms with Crippen molar-refractivity contribution in [3.63, 3.8) is 0 Å². The van der Waals surface area contributed by atoms with Crippen LogP contribution in [0, 0.1) is 0 Å². The molecule has 0 nitrogen and oxygen atoms in total. The molecule has 10 aromatic carbocycles. The Labute approximate surface area is 309 Å². The summed E-state index contributed by atoms with van der Waals surface area (Å²) in [6.45, 7) is 4.79. The van der Waals surface area contributed by atoms with E-state index in [4.69, 9.17) is 0 Å². The van der Waals surface area contributed by atoms with Crippen LogP contribution in [0.3, 0.4) is 0 Å². The number of hydrogen-bond acceptors (Lipinski definition) is 0. The monoisotopic (exact) mass is 672 g/mol. The van der Waals surface area contributed by atoms with Gasteiger partial charge in [0.05, 0.1) is 0 Å². The van der Waals surface area contributed by atoms with Crippen molar-refractivity contribution in [1.29, 1.82) is 0 Å². The molecule has 11 rings (SSSR count). The van der Waals surface area contributed by atoms with Gasteiger partial charge in [-0.15, -0.1) is 0 Å². The van der Waals surface area contributed by atoms with Crippen molar-refractivity contribution in [3.05, 3.63) is 193 Å². The Morgan fingerprint density at radius 3 is 1.25 bits per heavy atom. The Hall–Kier alpha value is -6.50. The van der Waals surface area contributed by atoms with E-state index in [-0.39, 0.29) is 5.41 Å². The quantitative estimate of drug-likeness (QED) is 0.164. The molecule has 248 valence electrons. The van der Waals surface area contributed by atoms with E-state index in [1.807, 2.05) is 0 Å². The molecule has 0 saturated carbocycles. The van der Waals surface area contributed by atoms with Crippen LogP contribution in [0.1, 0.15) is 25.0 Å². The van der Waals surface area contributed by atoms with Crippen LogP contribution >= 0.6 is 0 Å². The first-order valence-corrected chi connectivity index (χ1v) is 18.7. The molecule has 0 N–H and O–H groups in total. The minimum atomic E-state index is -0.141. The van der Waals surface area contributed by atoms with Crippen LogP contribution in [0.25, 0.3) is 98.4 Å². The summed E-state index contributed by atoms with van der Waals surface area (Å²) >= 11 is 0. The number of rotatable bonds is 3. The average Bonchev–Trinajstić information content (AvgIpc) is 3.44. The molecule has 0 radical (unpaired) electrons. The summed E-state index contributed by atoms with van der Waals surface area (Å²) in [7, 11) is 0. The molecular weight excluding hydrogens is 637 g/mol. The van der Waals surface area contributed by atoms with Crippen molar-refractivity contribution in [2.75, 3.05) is 0 Å². The van der Waals surface area contributed by atoms with Gasteiger partial charge >= 0.3 is 0 Å². The van der Waals surface area contributed by atoms with Gasteiger partial charge in [0, 0.05) is 5.41 Å². The van der Waals surface area contributed by atoms with E-state index < -0.39 is 0 Å². The molecular formula is C53H36. The van der Waals surface area contributed by atoms with E-state index in [0.29, 0.717) is 0 Å². The van der Waals surface area contributed by atoms with Crippen LogP contribution in [0.4, 0.5) is 0 Å². The molecule has 1 aliphatic carbocycles. The van der Waals surface area contributed by atoms with Crippen molar-refractivity contribution in [2.45, 2.75) is 19.3 Å². The molecule has 0 spiro atoms. The standard InChI is InChI=1S/C53H36/c1-53(2)51-31-37(23-26-47(51)48-27-24-38(32-52(48)53)50-30-35-13-4-6-16-41(35)44-18-8-10-20-46(44)50)39-21-11-14-33-28-36(22-25-42(33)39)49-29-34-12-3-5-15-40(34)43-17-7-9-19-45(43)49/h3-32H,1-2H3. The molecule has 0 heteroatoms. The molecule has 53 heavy (non-hydrogen) atoms. The third-order valence-electron chi connectivity index (χ3n) is 12.0. The molecule has 0 atom stereocenters. The SMILES string of the molecule is CC1(C)c2cc(-c3cccc4cc(-c5cc6ccccc6c6ccccc56)ccc34)ccc2-c2ccc(-c3cc4ccccc4c4ccccc34)cc21. The summed E-state index contributed by atoms with van der Waals surface area (Å²) in [6, 6.07) is 67.9. The fraction of sp³-hybridized carbons (Fsp3) is 0.0566. The van der Waals surface area contributed by atoms with Gasteiger partial charge in [0.2, 0.25) is 0 Å². The first-order valence-electron chi connectivity index (χ1n) is 18.7. The predicted molar refractivity (Wildman–Crippen MR) is 228 cm³/mol. The van der Waals surface area contributed by atoms with Crippen LogP contribution in [-0.4, -0.2) is 0 Å². The Kier molecular flexibility index (Phi) is 6.40. The van der Waals surface area contributed by atoms with Gasteiger partial charge in [0.25, 0.3) is 0 Å². The van der Waals surface area contributed by atoms with E-state index in [1.54, 1.807) is 0 Å². The Balaban J connectivity index is 1.01.